The molecule has 0 amide bonds. The summed E-state index contributed by atoms with van der Waals surface area (Å²) in [6.07, 6.45) is 0. The summed E-state index contributed by atoms with van der Waals surface area (Å²) >= 11 is 0. The Morgan fingerprint density at radius 3 is 2.62 bits per heavy atom. The zero-order valence-electron chi connectivity index (χ0n) is 15.4. The first-order valence-corrected chi connectivity index (χ1v) is 9.00. The van der Waals surface area contributed by atoms with E-state index in [1.54, 1.807) is 0 Å². The molecule has 1 aliphatic heterocycles. The first-order valence-electron chi connectivity index (χ1n) is 9.00. The molecule has 0 spiro atoms. The van der Waals surface area contributed by atoms with Crippen molar-refractivity contribution in [1.29, 1.82) is 0 Å². The van der Waals surface area contributed by atoms with Crippen molar-refractivity contribution >= 4 is 11.0 Å². The summed E-state index contributed by atoms with van der Waals surface area (Å²) in [4.78, 5) is 14.4. The van der Waals surface area contributed by atoms with E-state index in [1.165, 1.54) is 5.56 Å². The molecule has 0 bridgehead atoms. The van der Waals surface area contributed by atoms with E-state index >= 15 is 0 Å². The van der Waals surface area contributed by atoms with Gasteiger partial charge in [-0.2, -0.15) is 0 Å². The van der Waals surface area contributed by atoms with Crippen LogP contribution in [0.1, 0.15) is 35.1 Å². The summed E-state index contributed by atoms with van der Waals surface area (Å²) in [5.41, 5.74) is 4.33. The van der Waals surface area contributed by atoms with Crippen LogP contribution in [0.4, 0.5) is 0 Å². The van der Waals surface area contributed by atoms with Crippen LogP contribution in [0, 0.1) is 13.8 Å². The predicted octanol–water partition coefficient (Wildman–Crippen LogP) is 4.37. The molecule has 1 atom stereocenters. The van der Waals surface area contributed by atoms with Gasteiger partial charge < -0.3 is 9.15 Å². The molecule has 4 nitrogen and oxygen atoms in total. The number of benzene rings is 2. The molecular formula is C22H23NO3. The normalized spacial score (nSPS) is 15.5. The summed E-state index contributed by atoms with van der Waals surface area (Å²) in [7, 11) is 0. The molecule has 2 aromatic carbocycles. The first kappa shape index (κ1) is 16.9. The van der Waals surface area contributed by atoms with Gasteiger partial charge in [0.15, 0.2) is 0 Å². The highest BCUT2D eigenvalue weighted by Gasteiger charge is 2.24. The van der Waals surface area contributed by atoms with Gasteiger partial charge in [-0.25, -0.2) is 4.79 Å². The lowest BCUT2D eigenvalue weighted by atomic mass is 9.99. The second kappa shape index (κ2) is 6.61. The van der Waals surface area contributed by atoms with Crippen molar-refractivity contribution in [1.82, 2.24) is 4.90 Å². The van der Waals surface area contributed by atoms with E-state index in [2.05, 4.69) is 36.1 Å². The minimum absolute atomic E-state index is 0.266. The summed E-state index contributed by atoms with van der Waals surface area (Å²) in [6.45, 7) is 8.15. The van der Waals surface area contributed by atoms with Crippen molar-refractivity contribution in [2.24, 2.45) is 0 Å². The van der Waals surface area contributed by atoms with Crippen LogP contribution in [0.25, 0.3) is 11.0 Å². The van der Waals surface area contributed by atoms with Crippen LogP contribution in [0.2, 0.25) is 0 Å². The fraction of sp³-hybridized carbons (Fsp3) is 0.318. The smallest absolute Gasteiger partial charge is 0.339 e. The number of hydrogen-bond donors (Lipinski definition) is 0. The SMILES string of the molecule is Cc1c(C)c2ccc3c(c2oc1=O)CN(C[C@H](C)c1ccccc1)CO3. The average Bonchev–Trinajstić information content (AvgIpc) is 2.67. The standard InChI is InChI=1S/C22H23NO3/c1-14(17-7-5-4-6-8-17)11-23-12-19-20(25-13-23)10-9-18-15(2)16(3)22(24)26-21(18)19/h4-10,14H,11-13H2,1-3H3/t14-/m0/s1. The van der Waals surface area contributed by atoms with Crippen LogP contribution in [-0.2, 0) is 6.54 Å². The number of fused-ring (bicyclic) bond motifs is 3. The Hall–Kier alpha value is -2.59. The van der Waals surface area contributed by atoms with Crippen molar-refractivity contribution in [3.05, 3.63) is 75.1 Å². The second-order valence-electron chi connectivity index (χ2n) is 7.16. The van der Waals surface area contributed by atoms with Crippen LogP contribution in [0.3, 0.4) is 0 Å². The molecule has 0 saturated heterocycles. The van der Waals surface area contributed by atoms with Gasteiger partial charge in [0.25, 0.3) is 0 Å². The second-order valence-corrected chi connectivity index (χ2v) is 7.16. The summed E-state index contributed by atoms with van der Waals surface area (Å²) in [5.74, 6) is 1.21. The number of hydrogen-bond acceptors (Lipinski definition) is 4. The third-order valence-corrected chi connectivity index (χ3v) is 5.37. The fourth-order valence-corrected chi connectivity index (χ4v) is 3.65. The lowest BCUT2D eigenvalue weighted by Crippen LogP contribution is -2.35. The maximum absolute atomic E-state index is 12.2. The molecule has 1 aliphatic rings. The van der Waals surface area contributed by atoms with Gasteiger partial charge in [0, 0.05) is 24.0 Å². The third-order valence-electron chi connectivity index (χ3n) is 5.37. The molecule has 0 fully saturated rings. The highest BCUT2D eigenvalue weighted by Crippen LogP contribution is 2.34. The molecule has 3 aromatic rings. The van der Waals surface area contributed by atoms with Gasteiger partial charge in [-0.15, -0.1) is 0 Å². The Morgan fingerprint density at radius 2 is 1.85 bits per heavy atom. The molecular weight excluding hydrogens is 326 g/mol. The maximum atomic E-state index is 12.2. The number of aryl methyl sites for hydroxylation is 1. The van der Waals surface area contributed by atoms with Crippen molar-refractivity contribution in [3.8, 4) is 5.75 Å². The van der Waals surface area contributed by atoms with E-state index in [0.717, 1.165) is 35.4 Å². The highest BCUT2D eigenvalue weighted by molar-refractivity contribution is 5.85. The summed E-state index contributed by atoms with van der Waals surface area (Å²) < 4.78 is 11.6. The predicted molar refractivity (Wildman–Crippen MR) is 103 cm³/mol. The first-order chi connectivity index (χ1) is 12.5. The van der Waals surface area contributed by atoms with Crippen LogP contribution >= 0.6 is 0 Å². The largest absolute Gasteiger partial charge is 0.478 e. The fourth-order valence-electron chi connectivity index (χ4n) is 3.65. The zero-order valence-corrected chi connectivity index (χ0v) is 15.4. The van der Waals surface area contributed by atoms with Gasteiger partial charge in [0.2, 0.25) is 0 Å². The maximum Gasteiger partial charge on any atom is 0.339 e. The lowest BCUT2D eigenvalue weighted by Gasteiger charge is -2.31. The van der Waals surface area contributed by atoms with Gasteiger partial charge in [0.1, 0.15) is 18.1 Å². The van der Waals surface area contributed by atoms with Crippen LogP contribution < -0.4 is 10.4 Å². The van der Waals surface area contributed by atoms with E-state index in [9.17, 15) is 4.79 Å². The van der Waals surface area contributed by atoms with Gasteiger partial charge in [-0.05, 0) is 43.0 Å². The molecule has 0 radical (unpaired) electrons. The van der Waals surface area contributed by atoms with Crippen molar-refractivity contribution in [2.45, 2.75) is 33.2 Å². The van der Waals surface area contributed by atoms with E-state index < -0.39 is 0 Å². The van der Waals surface area contributed by atoms with E-state index in [-0.39, 0.29) is 5.63 Å². The minimum Gasteiger partial charge on any atom is -0.478 e. The van der Waals surface area contributed by atoms with E-state index in [1.807, 2.05) is 32.0 Å². The molecule has 26 heavy (non-hydrogen) atoms. The molecule has 0 aliphatic carbocycles. The highest BCUT2D eigenvalue weighted by atomic mass is 16.5. The van der Waals surface area contributed by atoms with Gasteiger partial charge in [-0.3, -0.25) is 4.90 Å². The van der Waals surface area contributed by atoms with Crippen LogP contribution in [0.5, 0.6) is 5.75 Å². The Bertz CT molecular complexity index is 1010. The van der Waals surface area contributed by atoms with Crippen LogP contribution in [0.15, 0.2) is 51.7 Å². The molecule has 1 aromatic heterocycles. The summed E-state index contributed by atoms with van der Waals surface area (Å²) in [5, 5.41) is 0.988. The number of rotatable bonds is 3. The van der Waals surface area contributed by atoms with Crippen molar-refractivity contribution in [2.75, 3.05) is 13.3 Å². The van der Waals surface area contributed by atoms with Gasteiger partial charge in [-0.1, -0.05) is 37.3 Å². The number of ether oxygens (including phenoxy) is 1. The topological polar surface area (TPSA) is 42.7 Å². The van der Waals surface area contributed by atoms with Gasteiger partial charge >= 0.3 is 5.63 Å². The zero-order chi connectivity index (χ0) is 18.3. The molecule has 2 heterocycles. The van der Waals surface area contributed by atoms with Gasteiger partial charge in [0.05, 0.1) is 5.56 Å². The molecule has 0 N–H and O–H groups in total. The van der Waals surface area contributed by atoms with E-state index in [0.29, 0.717) is 23.8 Å². The Labute approximate surface area is 153 Å². The monoisotopic (exact) mass is 349 g/mol. The Kier molecular flexibility index (Phi) is 4.29. The third kappa shape index (κ3) is 2.90. The molecule has 0 saturated carbocycles. The minimum atomic E-state index is -0.266. The Balaban J connectivity index is 1.66. The molecule has 0 unspecified atom stereocenters. The average molecular weight is 349 g/mol. The van der Waals surface area contributed by atoms with Crippen molar-refractivity contribution in [3.63, 3.8) is 0 Å². The lowest BCUT2D eigenvalue weighted by molar-refractivity contribution is 0.0909. The quantitative estimate of drug-likeness (QED) is 0.659. The van der Waals surface area contributed by atoms with Crippen molar-refractivity contribution < 1.29 is 9.15 Å². The molecule has 4 heteroatoms. The van der Waals surface area contributed by atoms with E-state index in [4.69, 9.17) is 9.15 Å². The Morgan fingerprint density at radius 1 is 1.08 bits per heavy atom. The molecule has 134 valence electrons. The van der Waals surface area contributed by atoms with Crippen LogP contribution in [-0.4, -0.2) is 18.2 Å². The molecule has 4 rings (SSSR count). The number of nitrogens with zero attached hydrogens (tertiary/aromatic N) is 1. The summed E-state index contributed by atoms with van der Waals surface area (Å²) in [6, 6.07) is 14.5.